The van der Waals surface area contributed by atoms with Crippen molar-refractivity contribution in [1.82, 2.24) is 10.2 Å². The summed E-state index contributed by atoms with van der Waals surface area (Å²) in [6.07, 6.45) is 3.97. The summed E-state index contributed by atoms with van der Waals surface area (Å²) >= 11 is 1.86. The summed E-state index contributed by atoms with van der Waals surface area (Å²) in [6, 6.07) is 15.0. The summed E-state index contributed by atoms with van der Waals surface area (Å²) in [5.41, 5.74) is 1.24. The maximum Gasteiger partial charge on any atom is 0.221 e. The van der Waals surface area contributed by atoms with E-state index in [0.717, 1.165) is 26.1 Å². The second-order valence-electron chi connectivity index (χ2n) is 6.52. The van der Waals surface area contributed by atoms with E-state index in [9.17, 15) is 4.79 Å². The van der Waals surface area contributed by atoms with Crippen LogP contribution in [0.5, 0.6) is 0 Å². The van der Waals surface area contributed by atoms with Crippen molar-refractivity contribution in [1.29, 1.82) is 0 Å². The number of nitrogens with one attached hydrogen (secondary N) is 1. The van der Waals surface area contributed by atoms with Crippen molar-refractivity contribution in [2.75, 3.05) is 13.1 Å². The molecule has 4 heteroatoms. The molecule has 24 heavy (non-hydrogen) atoms. The third-order valence-corrected chi connectivity index (χ3v) is 5.59. The van der Waals surface area contributed by atoms with Crippen molar-refractivity contribution in [3.8, 4) is 0 Å². The summed E-state index contributed by atoms with van der Waals surface area (Å²) in [4.78, 5) is 17.6. The predicted octanol–water partition coefficient (Wildman–Crippen LogP) is 4.29. The van der Waals surface area contributed by atoms with Crippen molar-refractivity contribution >= 4 is 17.2 Å². The van der Waals surface area contributed by atoms with Gasteiger partial charge in [-0.15, -0.1) is 11.3 Å². The maximum absolute atomic E-state index is 12.4. The zero-order valence-corrected chi connectivity index (χ0v) is 15.1. The number of amides is 1. The Hall–Kier alpha value is -1.65. The summed E-state index contributed by atoms with van der Waals surface area (Å²) in [7, 11) is 0. The van der Waals surface area contributed by atoms with Crippen LogP contribution in [0, 0.1) is 6.92 Å². The molecule has 1 aliphatic rings. The molecule has 128 valence electrons. The fourth-order valence-corrected chi connectivity index (χ4v) is 4.26. The standard InChI is InChI=1S/C20H26N2OS/c1-16-10-11-18(24-16)15-22-13-7-3-6-12-21-20(23)14-19(22)17-8-4-2-5-9-17/h2,4-5,8-11,19H,3,6-7,12-15H2,1H3,(H,21,23). The Morgan fingerprint density at radius 2 is 1.96 bits per heavy atom. The third kappa shape index (κ3) is 4.68. The van der Waals surface area contributed by atoms with E-state index in [4.69, 9.17) is 0 Å². The summed E-state index contributed by atoms with van der Waals surface area (Å²) < 4.78 is 0. The summed E-state index contributed by atoms with van der Waals surface area (Å²) in [5.74, 6) is 0.165. The first kappa shape index (κ1) is 17.2. The largest absolute Gasteiger partial charge is 0.356 e. The molecule has 3 nitrogen and oxygen atoms in total. The number of aryl methyl sites for hydroxylation is 1. The summed E-state index contributed by atoms with van der Waals surface area (Å²) in [6.45, 7) is 4.93. The first-order valence-corrected chi connectivity index (χ1v) is 9.65. The second kappa shape index (κ2) is 8.45. The number of carbonyl (C=O) groups is 1. The van der Waals surface area contributed by atoms with E-state index in [0.29, 0.717) is 6.42 Å². The van der Waals surface area contributed by atoms with Gasteiger partial charge in [0.2, 0.25) is 5.91 Å². The lowest BCUT2D eigenvalue weighted by Crippen LogP contribution is -2.35. The third-order valence-electron chi connectivity index (χ3n) is 4.60. The molecule has 1 aliphatic heterocycles. The van der Waals surface area contributed by atoms with Crippen LogP contribution < -0.4 is 5.32 Å². The first-order valence-electron chi connectivity index (χ1n) is 8.83. The minimum atomic E-state index is 0.145. The average Bonchev–Trinajstić information content (AvgIpc) is 3.00. The zero-order chi connectivity index (χ0) is 16.8. The molecular weight excluding hydrogens is 316 g/mol. The lowest BCUT2D eigenvalue weighted by molar-refractivity contribution is -0.122. The smallest absolute Gasteiger partial charge is 0.221 e. The lowest BCUT2D eigenvalue weighted by atomic mass is 10.00. The van der Waals surface area contributed by atoms with Crippen LogP contribution in [0.15, 0.2) is 42.5 Å². The number of hydrogen-bond donors (Lipinski definition) is 1. The number of carbonyl (C=O) groups excluding carboxylic acids is 1. The SMILES string of the molecule is Cc1ccc(CN2CCCCCNC(=O)CC2c2ccccc2)s1. The van der Waals surface area contributed by atoms with Crippen LogP contribution in [0.4, 0.5) is 0 Å². The fourth-order valence-electron chi connectivity index (χ4n) is 3.34. The Bertz CT molecular complexity index is 653. The highest BCUT2D eigenvalue weighted by Gasteiger charge is 2.24. The Labute approximate surface area is 148 Å². The molecule has 2 aromatic rings. The van der Waals surface area contributed by atoms with E-state index >= 15 is 0 Å². The molecule has 1 unspecified atom stereocenters. The Kier molecular flexibility index (Phi) is 6.05. The minimum Gasteiger partial charge on any atom is -0.356 e. The van der Waals surface area contributed by atoms with Crippen LogP contribution in [0.2, 0.25) is 0 Å². The van der Waals surface area contributed by atoms with Crippen molar-refractivity contribution in [3.05, 3.63) is 57.8 Å². The molecule has 3 rings (SSSR count). The molecule has 1 aromatic carbocycles. The highest BCUT2D eigenvalue weighted by Crippen LogP contribution is 2.29. The molecule has 1 N–H and O–H groups in total. The molecule has 0 bridgehead atoms. The number of thiophene rings is 1. The number of rotatable bonds is 3. The van der Waals surface area contributed by atoms with E-state index in [1.54, 1.807) is 0 Å². The van der Waals surface area contributed by atoms with Crippen LogP contribution >= 0.6 is 11.3 Å². The number of nitrogens with zero attached hydrogens (tertiary/aromatic N) is 1. The van der Waals surface area contributed by atoms with Crippen LogP contribution in [0.3, 0.4) is 0 Å². The molecule has 1 saturated heterocycles. The molecule has 0 aliphatic carbocycles. The van der Waals surface area contributed by atoms with Gasteiger partial charge in [-0.05, 0) is 44.0 Å². The van der Waals surface area contributed by atoms with Crippen LogP contribution in [0.25, 0.3) is 0 Å². The molecule has 0 spiro atoms. The van der Waals surface area contributed by atoms with Gasteiger partial charge in [0.25, 0.3) is 0 Å². The van der Waals surface area contributed by atoms with Crippen LogP contribution in [0.1, 0.15) is 47.0 Å². The van der Waals surface area contributed by atoms with Gasteiger partial charge in [0.05, 0.1) is 0 Å². The highest BCUT2D eigenvalue weighted by molar-refractivity contribution is 7.11. The predicted molar refractivity (Wildman–Crippen MR) is 100 cm³/mol. The van der Waals surface area contributed by atoms with E-state index in [-0.39, 0.29) is 11.9 Å². The molecule has 1 amide bonds. The van der Waals surface area contributed by atoms with Crippen LogP contribution in [-0.4, -0.2) is 23.9 Å². The van der Waals surface area contributed by atoms with Gasteiger partial charge in [-0.1, -0.05) is 36.8 Å². The number of benzene rings is 1. The summed E-state index contributed by atoms with van der Waals surface area (Å²) in [5, 5.41) is 3.08. The molecule has 1 aromatic heterocycles. The Morgan fingerprint density at radius 3 is 2.71 bits per heavy atom. The van der Waals surface area contributed by atoms with E-state index in [1.165, 1.54) is 28.2 Å². The van der Waals surface area contributed by atoms with Gasteiger partial charge in [0.1, 0.15) is 0 Å². The fraction of sp³-hybridized carbons (Fsp3) is 0.450. The highest BCUT2D eigenvalue weighted by atomic mass is 32.1. The van der Waals surface area contributed by atoms with Crippen LogP contribution in [-0.2, 0) is 11.3 Å². The number of hydrogen-bond acceptors (Lipinski definition) is 3. The van der Waals surface area contributed by atoms with Gasteiger partial charge in [-0.3, -0.25) is 9.69 Å². The van der Waals surface area contributed by atoms with Crippen molar-refractivity contribution in [2.45, 2.75) is 45.2 Å². The first-order chi connectivity index (χ1) is 11.7. The van der Waals surface area contributed by atoms with E-state index in [1.807, 2.05) is 17.4 Å². The Morgan fingerprint density at radius 1 is 1.12 bits per heavy atom. The maximum atomic E-state index is 12.4. The molecule has 0 radical (unpaired) electrons. The molecule has 1 atom stereocenters. The van der Waals surface area contributed by atoms with Gasteiger partial charge >= 0.3 is 0 Å². The topological polar surface area (TPSA) is 32.3 Å². The van der Waals surface area contributed by atoms with Crippen molar-refractivity contribution in [3.63, 3.8) is 0 Å². The molecule has 0 saturated carbocycles. The van der Waals surface area contributed by atoms with Gasteiger partial charge in [0, 0.05) is 35.3 Å². The van der Waals surface area contributed by atoms with E-state index in [2.05, 4.69) is 53.5 Å². The quantitative estimate of drug-likeness (QED) is 0.902. The van der Waals surface area contributed by atoms with Gasteiger partial charge in [-0.25, -0.2) is 0 Å². The monoisotopic (exact) mass is 342 g/mol. The van der Waals surface area contributed by atoms with Gasteiger partial charge in [-0.2, -0.15) is 0 Å². The molecular formula is C20H26N2OS. The Balaban J connectivity index is 1.85. The normalized spacial score (nSPS) is 20.5. The van der Waals surface area contributed by atoms with Crippen molar-refractivity contribution < 1.29 is 4.79 Å². The van der Waals surface area contributed by atoms with Gasteiger partial charge < -0.3 is 5.32 Å². The molecule has 2 heterocycles. The average molecular weight is 343 g/mol. The van der Waals surface area contributed by atoms with E-state index < -0.39 is 0 Å². The molecule has 1 fully saturated rings. The van der Waals surface area contributed by atoms with Crippen molar-refractivity contribution in [2.24, 2.45) is 0 Å². The zero-order valence-electron chi connectivity index (χ0n) is 14.3. The lowest BCUT2D eigenvalue weighted by Gasteiger charge is -2.32. The minimum absolute atomic E-state index is 0.145. The van der Waals surface area contributed by atoms with Gasteiger partial charge in [0.15, 0.2) is 0 Å². The second-order valence-corrected chi connectivity index (χ2v) is 7.90.